The van der Waals surface area contributed by atoms with Crippen LogP contribution in [0.25, 0.3) is 15.9 Å². The monoisotopic (exact) mass is 394 g/mol. The summed E-state index contributed by atoms with van der Waals surface area (Å²) in [5.74, 6) is -0.265. The summed E-state index contributed by atoms with van der Waals surface area (Å²) in [4.78, 5) is 14.0. The van der Waals surface area contributed by atoms with Gasteiger partial charge in [0.05, 0.1) is 22.5 Å². The Balaban J connectivity index is 1.59. The molecule has 0 aliphatic heterocycles. The van der Waals surface area contributed by atoms with Gasteiger partial charge in [0.25, 0.3) is 5.91 Å². The van der Waals surface area contributed by atoms with Crippen molar-refractivity contribution in [3.8, 4) is 5.69 Å². The van der Waals surface area contributed by atoms with E-state index in [2.05, 4.69) is 15.6 Å². The van der Waals surface area contributed by atoms with E-state index in [1.165, 1.54) is 17.6 Å². The molecule has 1 amide bonds. The minimum absolute atomic E-state index is 0.265. The van der Waals surface area contributed by atoms with Gasteiger partial charge >= 0.3 is 0 Å². The molecule has 0 unspecified atom stereocenters. The first kappa shape index (κ1) is 17.5. The lowest BCUT2D eigenvalue weighted by Gasteiger charge is -2.01. The third-order valence-electron chi connectivity index (χ3n) is 4.04. The SMILES string of the molecule is Cc1nn(-c2ccccc2)c2sc(C(=O)NN=Cc3ccccc3Cl)cc12. The van der Waals surface area contributed by atoms with E-state index < -0.39 is 0 Å². The van der Waals surface area contributed by atoms with Gasteiger partial charge in [-0.05, 0) is 31.2 Å². The number of fused-ring (bicyclic) bond motifs is 1. The molecule has 0 aliphatic rings. The summed E-state index contributed by atoms with van der Waals surface area (Å²) in [7, 11) is 0. The van der Waals surface area contributed by atoms with Crippen molar-refractivity contribution < 1.29 is 4.79 Å². The molecular weight excluding hydrogens is 380 g/mol. The van der Waals surface area contributed by atoms with E-state index in [0.717, 1.165) is 27.2 Å². The molecule has 4 aromatic rings. The number of amides is 1. The number of aryl methyl sites for hydroxylation is 1. The second kappa shape index (κ2) is 7.34. The number of thiophene rings is 1. The van der Waals surface area contributed by atoms with Crippen molar-refractivity contribution in [1.29, 1.82) is 0 Å². The first-order chi connectivity index (χ1) is 13.1. The van der Waals surface area contributed by atoms with E-state index in [1.807, 2.05) is 66.2 Å². The van der Waals surface area contributed by atoms with Crippen molar-refractivity contribution in [2.45, 2.75) is 6.92 Å². The van der Waals surface area contributed by atoms with Gasteiger partial charge in [-0.3, -0.25) is 4.79 Å². The fraction of sp³-hybridized carbons (Fsp3) is 0.0500. The number of carbonyl (C=O) groups is 1. The summed E-state index contributed by atoms with van der Waals surface area (Å²) < 4.78 is 1.86. The van der Waals surface area contributed by atoms with Gasteiger partial charge in [0.2, 0.25) is 0 Å². The zero-order chi connectivity index (χ0) is 18.8. The van der Waals surface area contributed by atoms with Crippen molar-refractivity contribution in [2.24, 2.45) is 5.10 Å². The highest BCUT2D eigenvalue weighted by molar-refractivity contribution is 7.20. The summed E-state index contributed by atoms with van der Waals surface area (Å²) in [5, 5.41) is 10.1. The summed E-state index contributed by atoms with van der Waals surface area (Å²) in [5.41, 5.74) is 5.14. The van der Waals surface area contributed by atoms with Gasteiger partial charge < -0.3 is 0 Å². The van der Waals surface area contributed by atoms with Crippen LogP contribution in [-0.2, 0) is 0 Å². The van der Waals surface area contributed by atoms with Crippen LogP contribution in [0.5, 0.6) is 0 Å². The van der Waals surface area contributed by atoms with E-state index in [-0.39, 0.29) is 5.91 Å². The van der Waals surface area contributed by atoms with Crippen LogP contribution in [0.1, 0.15) is 20.9 Å². The van der Waals surface area contributed by atoms with Gasteiger partial charge in [0.1, 0.15) is 4.83 Å². The lowest BCUT2D eigenvalue weighted by molar-refractivity contribution is 0.0959. The maximum atomic E-state index is 12.5. The van der Waals surface area contributed by atoms with E-state index in [4.69, 9.17) is 11.6 Å². The average Bonchev–Trinajstić information content (AvgIpc) is 3.25. The van der Waals surface area contributed by atoms with E-state index in [0.29, 0.717) is 9.90 Å². The molecule has 7 heteroatoms. The molecule has 0 spiro atoms. The molecule has 134 valence electrons. The molecule has 0 atom stereocenters. The maximum absolute atomic E-state index is 12.5. The minimum Gasteiger partial charge on any atom is -0.266 e. The molecule has 0 radical (unpaired) electrons. The number of halogens is 1. The van der Waals surface area contributed by atoms with Crippen molar-refractivity contribution in [2.75, 3.05) is 0 Å². The van der Waals surface area contributed by atoms with Crippen molar-refractivity contribution in [3.63, 3.8) is 0 Å². The third kappa shape index (κ3) is 3.49. The second-order valence-corrected chi connectivity index (χ2v) is 7.32. The van der Waals surface area contributed by atoms with Gasteiger partial charge in [0, 0.05) is 16.0 Å². The summed E-state index contributed by atoms with van der Waals surface area (Å²) in [6.45, 7) is 1.94. The number of hydrogen-bond acceptors (Lipinski definition) is 4. The van der Waals surface area contributed by atoms with Gasteiger partial charge in [-0.1, -0.05) is 48.0 Å². The number of nitrogens with one attached hydrogen (secondary N) is 1. The number of hydrogen-bond donors (Lipinski definition) is 1. The van der Waals surface area contributed by atoms with E-state index in [1.54, 1.807) is 6.07 Å². The van der Waals surface area contributed by atoms with Crippen LogP contribution < -0.4 is 5.43 Å². The summed E-state index contributed by atoms with van der Waals surface area (Å²) >= 11 is 7.46. The van der Waals surface area contributed by atoms with Crippen molar-refractivity contribution in [3.05, 3.63) is 81.8 Å². The number of aromatic nitrogens is 2. The van der Waals surface area contributed by atoms with E-state index >= 15 is 0 Å². The van der Waals surface area contributed by atoms with Gasteiger partial charge in [-0.2, -0.15) is 10.2 Å². The highest BCUT2D eigenvalue weighted by Gasteiger charge is 2.16. The molecule has 0 aliphatic carbocycles. The first-order valence-electron chi connectivity index (χ1n) is 8.26. The number of rotatable bonds is 4. The molecule has 0 saturated carbocycles. The number of nitrogens with zero attached hydrogens (tertiary/aromatic N) is 3. The Morgan fingerprint density at radius 3 is 2.70 bits per heavy atom. The van der Waals surface area contributed by atoms with Crippen LogP contribution in [0.15, 0.2) is 65.8 Å². The van der Waals surface area contributed by atoms with Crippen LogP contribution in [0.4, 0.5) is 0 Å². The predicted molar refractivity (Wildman–Crippen MR) is 110 cm³/mol. The summed E-state index contributed by atoms with van der Waals surface area (Å²) in [6.07, 6.45) is 1.53. The normalized spacial score (nSPS) is 11.3. The molecule has 2 heterocycles. The third-order valence-corrected chi connectivity index (χ3v) is 5.50. The van der Waals surface area contributed by atoms with Gasteiger partial charge in [-0.15, -0.1) is 11.3 Å². The molecule has 5 nitrogen and oxygen atoms in total. The first-order valence-corrected chi connectivity index (χ1v) is 9.45. The zero-order valence-corrected chi connectivity index (χ0v) is 16.0. The van der Waals surface area contributed by atoms with Crippen molar-refractivity contribution in [1.82, 2.24) is 15.2 Å². The fourth-order valence-electron chi connectivity index (χ4n) is 2.70. The Morgan fingerprint density at radius 2 is 1.93 bits per heavy atom. The number of benzene rings is 2. The molecule has 0 fully saturated rings. The Labute approximate surface area is 164 Å². The predicted octanol–water partition coefficient (Wildman–Crippen LogP) is 4.81. The quantitative estimate of drug-likeness (QED) is 0.398. The molecule has 27 heavy (non-hydrogen) atoms. The topological polar surface area (TPSA) is 59.3 Å². The Kier molecular flexibility index (Phi) is 4.75. The molecule has 1 N–H and O–H groups in total. The highest BCUT2D eigenvalue weighted by atomic mass is 35.5. The number of carbonyl (C=O) groups excluding carboxylic acids is 1. The van der Waals surface area contributed by atoms with Gasteiger partial charge in [-0.25, -0.2) is 10.1 Å². The smallest absolute Gasteiger partial charge is 0.266 e. The lowest BCUT2D eigenvalue weighted by atomic mass is 10.2. The summed E-state index contributed by atoms with van der Waals surface area (Å²) in [6, 6.07) is 19.0. The minimum atomic E-state index is -0.265. The van der Waals surface area contributed by atoms with Crippen LogP contribution in [0.3, 0.4) is 0 Å². The number of hydrazone groups is 1. The highest BCUT2D eigenvalue weighted by Crippen LogP contribution is 2.30. The molecule has 2 aromatic carbocycles. The Bertz CT molecular complexity index is 1150. The van der Waals surface area contributed by atoms with Crippen molar-refractivity contribution >= 4 is 45.3 Å². The molecule has 0 saturated heterocycles. The zero-order valence-electron chi connectivity index (χ0n) is 14.4. The second-order valence-electron chi connectivity index (χ2n) is 5.88. The van der Waals surface area contributed by atoms with Crippen LogP contribution in [0.2, 0.25) is 5.02 Å². The molecule has 0 bridgehead atoms. The Morgan fingerprint density at radius 1 is 1.19 bits per heavy atom. The number of para-hydroxylation sites is 1. The maximum Gasteiger partial charge on any atom is 0.281 e. The lowest BCUT2D eigenvalue weighted by Crippen LogP contribution is -2.16. The van der Waals surface area contributed by atoms with Gasteiger partial charge in [0.15, 0.2) is 0 Å². The standard InChI is InChI=1S/C20H15ClN4OS/c1-13-16-11-18(19(26)23-22-12-14-7-5-6-10-17(14)21)27-20(16)25(24-13)15-8-3-2-4-9-15/h2-12H,1H3,(H,23,26). The van der Waals surface area contributed by atoms with E-state index in [9.17, 15) is 4.79 Å². The Hall–Kier alpha value is -2.96. The average molecular weight is 395 g/mol. The fourth-order valence-corrected chi connectivity index (χ4v) is 3.96. The molecule has 2 aromatic heterocycles. The van der Waals surface area contributed by atoms with Crippen LogP contribution >= 0.6 is 22.9 Å². The largest absolute Gasteiger partial charge is 0.281 e. The van der Waals surface area contributed by atoms with Crippen LogP contribution in [0, 0.1) is 6.92 Å². The molecule has 4 rings (SSSR count). The van der Waals surface area contributed by atoms with Crippen LogP contribution in [-0.4, -0.2) is 21.9 Å². The molecular formula is C20H15ClN4OS.